The molecule has 5 nitrogen and oxygen atoms in total. The number of ether oxygens (including phenoxy) is 1. The van der Waals surface area contributed by atoms with Crippen molar-refractivity contribution in [3.63, 3.8) is 0 Å². The number of carboxylic acids is 1. The second kappa shape index (κ2) is 10.1. The Hall–Kier alpha value is -1.69. The summed E-state index contributed by atoms with van der Waals surface area (Å²) in [5, 5.41) is 11.2. The zero-order chi connectivity index (χ0) is 16.4. The van der Waals surface area contributed by atoms with Crippen molar-refractivity contribution in [3.05, 3.63) is 24.3 Å². The maximum atomic E-state index is 12.0. The Bertz CT molecular complexity index is 476. The third-order valence-electron chi connectivity index (χ3n) is 3.11. The van der Waals surface area contributed by atoms with Gasteiger partial charge in [0, 0.05) is 17.9 Å². The van der Waals surface area contributed by atoms with Crippen molar-refractivity contribution < 1.29 is 19.4 Å². The van der Waals surface area contributed by atoms with E-state index in [0.29, 0.717) is 13.0 Å². The molecule has 22 heavy (non-hydrogen) atoms. The number of carboxylic acid groups (broad SMARTS) is 1. The average molecular weight is 325 g/mol. The van der Waals surface area contributed by atoms with Gasteiger partial charge in [-0.25, -0.2) is 0 Å². The van der Waals surface area contributed by atoms with Crippen LogP contribution in [-0.2, 0) is 9.59 Å². The van der Waals surface area contributed by atoms with Gasteiger partial charge in [-0.3, -0.25) is 9.59 Å². The molecule has 1 aromatic carbocycles. The molecule has 0 aliphatic rings. The van der Waals surface area contributed by atoms with E-state index in [4.69, 9.17) is 9.84 Å². The van der Waals surface area contributed by atoms with E-state index in [0.717, 1.165) is 23.5 Å². The van der Waals surface area contributed by atoms with Gasteiger partial charge in [0.15, 0.2) is 0 Å². The normalized spacial score (nSPS) is 11.7. The molecule has 0 saturated carbocycles. The highest BCUT2D eigenvalue weighted by atomic mass is 32.2. The topological polar surface area (TPSA) is 75.6 Å². The first kappa shape index (κ1) is 18.4. The molecular formula is C16H23NO4S. The molecule has 0 radical (unpaired) electrons. The molecule has 1 amide bonds. The first-order valence-electron chi connectivity index (χ1n) is 7.33. The molecule has 0 bridgehead atoms. The fraction of sp³-hybridized carbons (Fsp3) is 0.500. The lowest BCUT2D eigenvalue weighted by molar-refractivity contribution is -0.137. The number of benzene rings is 1. The van der Waals surface area contributed by atoms with Crippen molar-refractivity contribution >= 4 is 23.6 Å². The summed E-state index contributed by atoms with van der Waals surface area (Å²) < 4.78 is 5.10. The van der Waals surface area contributed by atoms with Crippen molar-refractivity contribution in [1.29, 1.82) is 0 Å². The van der Waals surface area contributed by atoms with E-state index in [1.807, 2.05) is 31.2 Å². The van der Waals surface area contributed by atoms with Gasteiger partial charge in [-0.15, -0.1) is 11.8 Å². The highest BCUT2D eigenvalue weighted by Gasteiger charge is 2.13. The van der Waals surface area contributed by atoms with Crippen LogP contribution in [0.15, 0.2) is 29.2 Å². The van der Waals surface area contributed by atoms with Crippen LogP contribution in [0.25, 0.3) is 0 Å². The van der Waals surface area contributed by atoms with E-state index < -0.39 is 5.97 Å². The molecule has 1 atom stereocenters. The van der Waals surface area contributed by atoms with Gasteiger partial charge in [0.25, 0.3) is 0 Å². The third-order valence-corrected chi connectivity index (χ3v) is 4.22. The van der Waals surface area contributed by atoms with Crippen molar-refractivity contribution in [2.24, 2.45) is 0 Å². The number of rotatable bonds is 10. The van der Waals surface area contributed by atoms with Crippen LogP contribution < -0.4 is 10.1 Å². The van der Waals surface area contributed by atoms with E-state index in [-0.39, 0.29) is 17.6 Å². The summed E-state index contributed by atoms with van der Waals surface area (Å²) >= 11 is 1.50. The van der Waals surface area contributed by atoms with Gasteiger partial charge < -0.3 is 15.2 Å². The fourth-order valence-electron chi connectivity index (χ4n) is 1.85. The van der Waals surface area contributed by atoms with Gasteiger partial charge in [0.2, 0.25) is 5.91 Å². The van der Waals surface area contributed by atoms with Crippen molar-refractivity contribution in [3.8, 4) is 5.75 Å². The minimum Gasteiger partial charge on any atom is -0.497 e. The van der Waals surface area contributed by atoms with E-state index >= 15 is 0 Å². The monoisotopic (exact) mass is 325 g/mol. The lowest BCUT2D eigenvalue weighted by Gasteiger charge is -2.12. The SMILES string of the molecule is COc1ccc(SC(C)C(=O)NCCCCCC(=O)O)cc1. The number of hydrogen-bond donors (Lipinski definition) is 2. The first-order chi connectivity index (χ1) is 10.5. The lowest BCUT2D eigenvalue weighted by Crippen LogP contribution is -2.31. The third kappa shape index (κ3) is 7.36. The van der Waals surface area contributed by atoms with Crippen LogP contribution in [-0.4, -0.2) is 35.9 Å². The summed E-state index contributed by atoms with van der Waals surface area (Å²) in [6.45, 7) is 2.46. The molecule has 2 N–H and O–H groups in total. The Morgan fingerprint density at radius 2 is 1.91 bits per heavy atom. The quantitative estimate of drug-likeness (QED) is 0.511. The largest absolute Gasteiger partial charge is 0.497 e. The number of nitrogens with one attached hydrogen (secondary N) is 1. The Kier molecular flexibility index (Phi) is 8.43. The zero-order valence-corrected chi connectivity index (χ0v) is 13.8. The Morgan fingerprint density at radius 1 is 1.23 bits per heavy atom. The van der Waals surface area contributed by atoms with E-state index in [1.165, 1.54) is 11.8 Å². The molecule has 6 heteroatoms. The molecule has 0 aliphatic heterocycles. The van der Waals surface area contributed by atoms with E-state index in [1.54, 1.807) is 7.11 Å². The number of carbonyl (C=O) groups is 2. The highest BCUT2D eigenvalue weighted by Crippen LogP contribution is 2.25. The number of unbranched alkanes of at least 4 members (excludes halogenated alkanes) is 2. The van der Waals surface area contributed by atoms with Crippen LogP contribution >= 0.6 is 11.8 Å². The molecular weight excluding hydrogens is 302 g/mol. The van der Waals surface area contributed by atoms with E-state index in [2.05, 4.69) is 5.32 Å². The van der Waals surface area contributed by atoms with Gasteiger partial charge in [0.05, 0.1) is 12.4 Å². The summed E-state index contributed by atoms with van der Waals surface area (Å²) in [5.74, 6) is 0.0235. The molecule has 1 rings (SSSR count). The van der Waals surface area contributed by atoms with Crippen molar-refractivity contribution in [1.82, 2.24) is 5.32 Å². The summed E-state index contributed by atoms with van der Waals surface area (Å²) in [7, 11) is 1.62. The lowest BCUT2D eigenvalue weighted by atomic mass is 10.2. The van der Waals surface area contributed by atoms with Crippen LogP contribution in [0.4, 0.5) is 0 Å². The second-order valence-electron chi connectivity index (χ2n) is 4.93. The number of aliphatic carboxylic acids is 1. The number of carbonyl (C=O) groups excluding carboxylic acids is 1. The summed E-state index contributed by atoms with van der Waals surface area (Å²) in [5.41, 5.74) is 0. The maximum Gasteiger partial charge on any atom is 0.303 e. The molecule has 0 aliphatic carbocycles. The minimum absolute atomic E-state index is 0.000877. The Morgan fingerprint density at radius 3 is 2.50 bits per heavy atom. The molecule has 1 aromatic rings. The molecule has 0 saturated heterocycles. The zero-order valence-electron chi connectivity index (χ0n) is 13.0. The standard InChI is InChI=1S/C16H23NO4S/c1-12(22-14-9-7-13(21-2)8-10-14)16(20)17-11-5-3-4-6-15(18)19/h7-10,12H,3-6,11H2,1-2H3,(H,17,20)(H,18,19). The van der Waals surface area contributed by atoms with Gasteiger partial charge in [-0.1, -0.05) is 6.42 Å². The van der Waals surface area contributed by atoms with Gasteiger partial charge in [-0.05, 0) is 44.0 Å². The van der Waals surface area contributed by atoms with E-state index in [9.17, 15) is 9.59 Å². The molecule has 0 spiro atoms. The molecule has 0 aromatic heterocycles. The van der Waals surface area contributed by atoms with Crippen molar-refractivity contribution in [2.75, 3.05) is 13.7 Å². The summed E-state index contributed by atoms with van der Waals surface area (Å²) in [4.78, 5) is 23.3. The Balaban J connectivity index is 2.22. The highest BCUT2D eigenvalue weighted by molar-refractivity contribution is 8.00. The van der Waals surface area contributed by atoms with Crippen LogP contribution in [0.2, 0.25) is 0 Å². The van der Waals surface area contributed by atoms with Gasteiger partial charge in [0.1, 0.15) is 5.75 Å². The van der Waals surface area contributed by atoms with Gasteiger partial charge >= 0.3 is 5.97 Å². The molecule has 1 unspecified atom stereocenters. The molecule has 122 valence electrons. The van der Waals surface area contributed by atoms with Gasteiger partial charge in [-0.2, -0.15) is 0 Å². The average Bonchev–Trinajstić information content (AvgIpc) is 2.50. The molecule has 0 fully saturated rings. The maximum absolute atomic E-state index is 12.0. The van der Waals surface area contributed by atoms with Crippen molar-refractivity contribution in [2.45, 2.75) is 42.8 Å². The smallest absolute Gasteiger partial charge is 0.303 e. The number of hydrogen-bond acceptors (Lipinski definition) is 4. The summed E-state index contributed by atoms with van der Waals surface area (Å²) in [6.07, 6.45) is 2.46. The predicted octanol–water partition coefficient (Wildman–Crippen LogP) is 2.94. The van der Waals surface area contributed by atoms with Crippen LogP contribution in [0.3, 0.4) is 0 Å². The predicted molar refractivity (Wildman–Crippen MR) is 87.4 cm³/mol. The number of methoxy groups -OCH3 is 1. The molecule has 0 heterocycles. The number of amides is 1. The van der Waals surface area contributed by atoms with Crippen LogP contribution in [0.1, 0.15) is 32.6 Å². The summed E-state index contributed by atoms with van der Waals surface area (Å²) in [6, 6.07) is 7.60. The van der Waals surface area contributed by atoms with Crippen LogP contribution in [0.5, 0.6) is 5.75 Å². The van der Waals surface area contributed by atoms with Crippen LogP contribution in [0, 0.1) is 0 Å². The fourth-order valence-corrected chi connectivity index (χ4v) is 2.74. The second-order valence-corrected chi connectivity index (χ2v) is 6.35. The minimum atomic E-state index is -0.770. The first-order valence-corrected chi connectivity index (χ1v) is 8.21. The number of thioether (sulfide) groups is 1. The Labute approximate surface area is 135 Å².